The maximum atomic E-state index is 12.9. The van der Waals surface area contributed by atoms with Gasteiger partial charge in [-0.3, -0.25) is 14.4 Å². The van der Waals surface area contributed by atoms with Crippen molar-refractivity contribution in [3.63, 3.8) is 0 Å². The molecule has 162 valence electrons. The number of hydrogen-bond donors (Lipinski definition) is 2. The highest BCUT2D eigenvalue weighted by molar-refractivity contribution is 7.13. The molecular weight excluding hydrogens is 388 g/mol. The number of nitrogens with zero attached hydrogens (tertiary/aromatic N) is 2. The molecule has 29 heavy (non-hydrogen) atoms. The summed E-state index contributed by atoms with van der Waals surface area (Å²) < 4.78 is 0. The van der Waals surface area contributed by atoms with E-state index in [0.717, 1.165) is 25.7 Å². The van der Waals surface area contributed by atoms with E-state index in [1.54, 1.807) is 10.3 Å². The molecule has 0 bridgehead atoms. The van der Waals surface area contributed by atoms with E-state index < -0.39 is 0 Å². The van der Waals surface area contributed by atoms with Crippen LogP contribution in [0, 0.1) is 11.8 Å². The van der Waals surface area contributed by atoms with E-state index in [9.17, 15) is 14.4 Å². The van der Waals surface area contributed by atoms with Gasteiger partial charge in [-0.15, -0.1) is 11.3 Å². The quantitative estimate of drug-likeness (QED) is 0.639. The fourth-order valence-corrected chi connectivity index (χ4v) is 4.13. The molecule has 0 spiro atoms. The molecule has 1 aromatic rings. The van der Waals surface area contributed by atoms with Crippen molar-refractivity contribution >= 4 is 34.2 Å². The van der Waals surface area contributed by atoms with E-state index in [2.05, 4.69) is 15.6 Å². The number of carbonyl (C=O) groups excluding carboxylic acids is 3. The summed E-state index contributed by atoms with van der Waals surface area (Å²) in [5.74, 6) is 0.176. The number of rotatable bonds is 9. The van der Waals surface area contributed by atoms with E-state index >= 15 is 0 Å². The van der Waals surface area contributed by atoms with Crippen LogP contribution >= 0.6 is 11.3 Å². The first-order valence-electron chi connectivity index (χ1n) is 10.6. The lowest BCUT2D eigenvalue weighted by Gasteiger charge is -2.31. The first kappa shape index (κ1) is 23.3. The zero-order valence-electron chi connectivity index (χ0n) is 18.0. The van der Waals surface area contributed by atoms with Crippen molar-refractivity contribution in [3.8, 4) is 0 Å². The third kappa shape index (κ3) is 7.76. The molecule has 1 saturated carbocycles. The number of amides is 3. The van der Waals surface area contributed by atoms with Gasteiger partial charge in [0, 0.05) is 23.9 Å². The number of hydrogen-bond acceptors (Lipinski definition) is 5. The van der Waals surface area contributed by atoms with Crippen molar-refractivity contribution in [3.05, 3.63) is 11.1 Å². The van der Waals surface area contributed by atoms with Crippen LogP contribution in [0.5, 0.6) is 0 Å². The summed E-state index contributed by atoms with van der Waals surface area (Å²) in [6, 6.07) is -0.0355. The molecule has 1 aliphatic carbocycles. The van der Waals surface area contributed by atoms with Gasteiger partial charge in [-0.25, -0.2) is 4.98 Å². The van der Waals surface area contributed by atoms with Gasteiger partial charge in [-0.1, -0.05) is 33.1 Å². The Morgan fingerprint density at radius 2 is 1.83 bits per heavy atom. The Kier molecular flexibility index (Phi) is 9.07. The van der Waals surface area contributed by atoms with Crippen LogP contribution in [0.25, 0.3) is 0 Å². The van der Waals surface area contributed by atoms with Gasteiger partial charge in [0.2, 0.25) is 17.7 Å². The second kappa shape index (κ2) is 11.3. The first-order chi connectivity index (χ1) is 13.8. The average Bonchev–Trinajstić information content (AvgIpc) is 3.11. The highest BCUT2D eigenvalue weighted by atomic mass is 32.1. The Bertz CT molecular complexity index is 696. The summed E-state index contributed by atoms with van der Waals surface area (Å²) in [6.07, 6.45) is 5.38. The molecule has 2 rings (SSSR count). The fourth-order valence-electron chi connectivity index (χ4n) is 3.40. The maximum absolute atomic E-state index is 12.9. The second-order valence-corrected chi connectivity index (χ2v) is 9.32. The van der Waals surface area contributed by atoms with Crippen LogP contribution in [0.2, 0.25) is 0 Å². The predicted octanol–water partition coefficient (Wildman–Crippen LogP) is 3.21. The first-order valence-corrected chi connectivity index (χ1v) is 11.5. The lowest BCUT2D eigenvalue weighted by atomic mass is 9.88. The van der Waals surface area contributed by atoms with Crippen LogP contribution in [0.15, 0.2) is 5.38 Å². The van der Waals surface area contributed by atoms with Gasteiger partial charge in [0.25, 0.3) is 0 Å². The zero-order chi connectivity index (χ0) is 21.4. The molecule has 3 amide bonds. The number of anilines is 1. The van der Waals surface area contributed by atoms with Crippen molar-refractivity contribution in [2.75, 3.05) is 18.4 Å². The monoisotopic (exact) mass is 422 g/mol. The van der Waals surface area contributed by atoms with E-state index in [0.29, 0.717) is 23.3 Å². The van der Waals surface area contributed by atoms with E-state index in [1.807, 2.05) is 27.7 Å². The summed E-state index contributed by atoms with van der Waals surface area (Å²) in [6.45, 7) is 8.60. The summed E-state index contributed by atoms with van der Waals surface area (Å²) >= 11 is 1.29. The number of aromatic nitrogens is 1. The van der Waals surface area contributed by atoms with Gasteiger partial charge in [0.15, 0.2) is 5.13 Å². The molecule has 1 fully saturated rings. The summed E-state index contributed by atoms with van der Waals surface area (Å²) in [4.78, 5) is 43.3. The van der Waals surface area contributed by atoms with Crippen LogP contribution in [-0.2, 0) is 20.8 Å². The van der Waals surface area contributed by atoms with Gasteiger partial charge in [0.05, 0.1) is 12.1 Å². The van der Waals surface area contributed by atoms with Gasteiger partial charge in [-0.2, -0.15) is 0 Å². The van der Waals surface area contributed by atoms with Crippen LogP contribution in [0.4, 0.5) is 5.13 Å². The molecule has 2 N–H and O–H groups in total. The summed E-state index contributed by atoms with van der Waals surface area (Å²) in [5.41, 5.74) is 0.630. The Balaban J connectivity index is 1.87. The zero-order valence-corrected chi connectivity index (χ0v) is 18.8. The summed E-state index contributed by atoms with van der Waals surface area (Å²) in [5, 5.41) is 7.86. The Morgan fingerprint density at radius 3 is 2.45 bits per heavy atom. The van der Waals surface area contributed by atoms with Crippen molar-refractivity contribution in [2.24, 2.45) is 11.8 Å². The fraction of sp³-hybridized carbons (Fsp3) is 0.714. The van der Waals surface area contributed by atoms with E-state index in [4.69, 9.17) is 0 Å². The minimum atomic E-state index is -0.256. The number of carbonyl (C=O) groups is 3. The molecule has 1 heterocycles. The third-order valence-electron chi connectivity index (χ3n) is 5.02. The largest absolute Gasteiger partial charge is 0.356 e. The van der Waals surface area contributed by atoms with E-state index in [1.165, 1.54) is 17.8 Å². The molecule has 0 aliphatic heterocycles. The molecule has 0 saturated heterocycles. The van der Waals surface area contributed by atoms with Crippen molar-refractivity contribution < 1.29 is 14.4 Å². The second-order valence-electron chi connectivity index (χ2n) is 8.46. The van der Waals surface area contributed by atoms with Gasteiger partial charge < -0.3 is 15.5 Å². The van der Waals surface area contributed by atoms with Gasteiger partial charge >= 0.3 is 0 Å². The molecule has 0 atom stereocenters. The number of nitrogens with one attached hydrogen (secondary N) is 2. The van der Waals surface area contributed by atoms with Crippen molar-refractivity contribution in [1.82, 2.24) is 15.2 Å². The molecular formula is C21H34N4O3S. The van der Waals surface area contributed by atoms with Crippen LogP contribution in [-0.4, -0.2) is 46.7 Å². The third-order valence-corrected chi connectivity index (χ3v) is 5.83. The molecule has 0 unspecified atom stereocenters. The Labute approximate surface area is 177 Å². The highest BCUT2D eigenvalue weighted by Gasteiger charge is 2.29. The van der Waals surface area contributed by atoms with Crippen molar-refractivity contribution in [1.29, 1.82) is 0 Å². The maximum Gasteiger partial charge on any atom is 0.245 e. The van der Waals surface area contributed by atoms with Crippen LogP contribution in [0.1, 0.15) is 65.5 Å². The number of thiazole rings is 1. The van der Waals surface area contributed by atoms with Crippen LogP contribution in [0.3, 0.4) is 0 Å². The minimum absolute atomic E-state index is 0.0246. The molecule has 1 aromatic heterocycles. The van der Waals surface area contributed by atoms with Crippen LogP contribution < -0.4 is 10.6 Å². The predicted molar refractivity (Wildman–Crippen MR) is 116 cm³/mol. The molecule has 0 radical (unpaired) electrons. The summed E-state index contributed by atoms with van der Waals surface area (Å²) in [7, 11) is 0. The Hall–Kier alpha value is -1.96. The van der Waals surface area contributed by atoms with Gasteiger partial charge in [-0.05, 0) is 32.6 Å². The molecule has 1 aliphatic rings. The molecule has 8 heteroatoms. The smallest absolute Gasteiger partial charge is 0.245 e. The molecule has 0 aromatic carbocycles. The lowest BCUT2D eigenvalue weighted by Crippen LogP contribution is -2.45. The highest BCUT2D eigenvalue weighted by Crippen LogP contribution is 2.26. The SMILES string of the molecule is CC(C)CNC(=O)Cc1csc(NC(=O)CN(C(=O)C2CCCCC2)C(C)C)n1. The van der Waals surface area contributed by atoms with Gasteiger partial charge in [0.1, 0.15) is 6.54 Å². The Morgan fingerprint density at radius 1 is 1.14 bits per heavy atom. The van der Waals surface area contributed by atoms with E-state index in [-0.39, 0.29) is 42.6 Å². The normalized spacial score (nSPS) is 14.8. The minimum Gasteiger partial charge on any atom is -0.356 e. The average molecular weight is 423 g/mol. The topological polar surface area (TPSA) is 91.4 Å². The molecule has 7 nitrogen and oxygen atoms in total. The lowest BCUT2D eigenvalue weighted by molar-refractivity contribution is -0.141. The standard InChI is InChI=1S/C21H34N4O3S/c1-14(2)11-22-18(26)10-17-13-29-21(23-17)24-19(27)12-25(15(3)4)20(28)16-8-6-5-7-9-16/h13-16H,5-12H2,1-4H3,(H,22,26)(H,23,24,27). The van der Waals surface area contributed by atoms with Crippen molar-refractivity contribution in [2.45, 2.75) is 72.3 Å².